The predicted molar refractivity (Wildman–Crippen MR) is 71.6 cm³/mol. The van der Waals surface area contributed by atoms with E-state index in [1.165, 1.54) is 32.1 Å². The predicted octanol–water partition coefficient (Wildman–Crippen LogP) is 2.11. The highest BCUT2D eigenvalue weighted by Crippen LogP contribution is 2.27. The molecule has 1 aliphatic carbocycles. The fourth-order valence-corrected chi connectivity index (χ4v) is 2.51. The summed E-state index contributed by atoms with van der Waals surface area (Å²) in [5.74, 6) is 0.200. The van der Waals surface area contributed by atoms with Crippen molar-refractivity contribution in [3.05, 3.63) is 18.0 Å². The number of likely N-dealkylation sites (N-methyl/N-ethyl adjacent to an activating group) is 1. The van der Waals surface area contributed by atoms with Crippen LogP contribution in [-0.4, -0.2) is 28.7 Å². The first-order valence-corrected chi connectivity index (χ1v) is 6.94. The van der Waals surface area contributed by atoms with Crippen LogP contribution in [-0.2, 0) is 11.2 Å². The van der Waals surface area contributed by atoms with Gasteiger partial charge in [0.05, 0.1) is 24.2 Å². The third kappa shape index (κ3) is 3.19. The van der Waals surface area contributed by atoms with E-state index in [4.69, 9.17) is 0 Å². The summed E-state index contributed by atoms with van der Waals surface area (Å²) < 4.78 is 2.06. The van der Waals surface area contributed by atoms with Crippen LogP contribution < -0.4 is 5.32 Å². The first-order valence-electron chi connectivity index (χ1n) is 6.94. The second kappa shape index (κ2) is 6.14. The van der Waals surface area contributed by atoms with E-state index in [0.29, 0.717) is 12.5 Å². The average molecular weight is 249 g/mol. The summed E-state index contributed by atoms with van der Waals surface area (Å²) in [7, 11) is 1.81. The van der Waals surface area contributed by atoms with Crippen LogP contribution in [0.2, 0.25) is 0 Å². The van der Waals surface area contributed by atoms with Crippen LogP contribution in [0.5, 0.6) is 0 Å². The number of ketones is 1. The highest BCUT2D eigenvalue weighted by molar-refractivity contribution is 5.85. The van der Waals surface area contributed by atoms with Crippen molar-refractivity contribution in [1.82, 2.24) is 15.1 Å². The first kappa shape index (κ1) is 13.3. The Hall–Kier alpha value is -1.16. The zero-order valence-electron chi connectivity index (χ0n) is 11.4. The Morgan fingerprint density at radius 3 is 2.89 bits per heavy atom. The molecule has 1 aromatic heterocycles. The van der Waals surface area contributed by atoms with Crippen LogP contribution in [0.4, 0.5) is 0 Å². The van der Waals surface area contributed by atoms with Gasteiger partial charge in [0, 0.05) is 6.20 Å². The third-order valence-corrected chi connectivity index (χ3v) is 3.88. The fraction of sp³-hybridized carbons (Fsp3) is 0.714. The molecule has 1 N–H and O–H groups in total. The van der Waals surface area contributed by atoms with Gasteiger partial charge >= 0.3 is 0 Å². The minimum atomic E-state index is -0.0927. The lowest BCUT2D eigenvalue weighted by Crippen LogP contribution is -2.32. The lowest BCUT2D eigenvalue weighted by atomic mass is 9.96. The molecule has 4 heteroatoms. The number of carbonyl (C=O) groups is 1. The molecule has 1 fully saturated rings. The van der Waals surface area contributed by atoms with Gasteiger partial charge in [-0.2, -0.15) is 5.10 Å². The Morgan fingerprint density at radius 2 is 2.22 bits per heavy atom. The molecule has 0 saturated heterocycles. The molecule has 4 nitrogen and oxygen atoms in total. The molecule has 0 bridgehead atoms. The number of carbonyl (C=O) groups excluding carboxylic acids is 1. The van der Waals surface area contributed by atoms with Gasteiger partial charge in [0.2, 0.25) is 0 Å². The second-order valence-electron chi connectivity index (χ2n) is 5.23. The quantitative estimate of drug-likeness (QED) is 0.869. The molecular formula is C14H23N3O. The lowest BCUT2D eigenvalue weighted by molar-refractivity contribution is -0.119. The van der Waals surface area contributed by atoms with Gasteiger partial charge in [-0.3, -0.25) is 9.48 Å². The maximum Gasteiger partial charge on any atom is 0.155 e. The van der Waals surface area contributed by atoms with Crippen LogP contribution in [0.3, 0.4) is 0 Å². The summed E-state index contributed by atoms with van der Waals surface area (Å²) in [4.78, 5) is 11.8. The molecule has 1 aliphatic rings. The summed E-state index contributed by atoms with van der Waals surface area (Å²) >= 11 is 0. The number of nitrogens with one attached hydrogen (secondary N) is 1. The number of rotatable bonds is 5. The smallest absolute Gasteiger partial charge is 0.155 e. The van der Waals surface area contributed by atoms with Crippen molar-refractivity contribution in [3.8, 4) is 0 Å². The van der Waals surface area contributed by atoms with E-state index in [-0.39, 0.29) is 11.8 Å². The van der Waals surface area contributed by atoms with Gasteiger partial charge in [0.1, 0.15) is 0 Å². The van der Waals surface area contributed by atoms with E-state index in [0.717, 1.165) is 5.69 Å². The van der Waals surface area contributed by atoms with Crippen molar-refractivity contribution in [2.24, 2.45) is 0 Å². The second-order valence-corrected chi connectivity index (χ2v) is 5.23. The molecule has 0 aliphatic heterocycles. The maximum absolute atomic E-state index is 11.8. The number of Topliss-reactive ketones (excluding diaryl/α,β-unsaturated/α-hetero) is 1. The van der Waals surface area contributed by atoms with Gasteiger partial charge in [-0.15, -0.1) is 0 Å². The number of nitrogens with zero attached hydrogens (tertiary/aromatic N) is 2. The topological polar surface area (TPSA) is 46.9 Å². The number of hydrogen-bond acceptors (Lipinski definition) is 3. The van der Waals surface area contributed by atoms with Crippen molar-refractivity contribution in [2.75, 3.05) is 7.05 Å². The van der Waals surface area contributed by atoms with E-state index in [2.05, 4.69) is 15.1 Å². The fourth-order valence-electron chi connectivity index (χ4n) is 2.51. The largest absolute Gasteiger partial charge is 0.311 e. The van der Waals surface area contributed by atoms with Crippen LogP contribution in [0.25, 0.3) is 0 Å². The van der Waals surface area contributed by atoms with Crippen molar-refractivity contribution in [3.63, 3.8) is 0 Å². The standard InChI is InChI=1S/C14H23N3O/c1-11(15-2)14(18)10-12-8-9-17(16-12)13-6-4-3-5-7-13/h8-9,11,13,15H,3-7,10H2,1-2H3. The summed E-state index contributed by atoms with van der Waals surface area (Å²) in [5, 5.41) is 7.53. The third-order valence-electron chi connectivity index (χ3n) is 3.88. The molecule has 1 unspecified atom stereocenters. The molecule has 1 saturated carbocycles. The maximum atomic E-state index is 11.8. The van der Waals surface area contributed by atoms with Crippen molar-refractivity contribution in [2.45, 2.75) is 57.5 Å². The van der Waals surface area contributed by atoms with Crippen LogP contribution in [0.15, 0.2) is 12.3 Å². The average Bonchev–Trinajstić information content (AvgIpc) is 2.87. The molecular weight excluding hydrogens is 226 g/mol. The lowest BCUT2D eigenvalue weighted by Gasteiger charge is -2.21. The molecule has 1 heterocycles. The van der Waals surface area contributed by atoms with Crippen molar-refractivity contribution in [1.29, 1.82) is 0 Å². The summed E-state index contributed by atoms with van der Waals surface area (Å²) in [6.45, 7) is 1.89. The highest BCUT2D eigenvalue weighted by atomic mass is 16.1. The molecule has 0 aromatic carbocycles. The zero-order valence-corrected chi connectivity index (χ0v) is 11.4. The van der Waals surface area contributed by atoms with Crippen LogP contribution in [0.1, 0.15) is 50.8 Å². The Kier molecular flexibility index (Phi) is 4.53. The highest BCUT2D eigenvalue weighted by Gasteiger charge is 2.17. The Morgan fingerprint density at radius 1 is 1.50 bits per heavy atom. The van der Waals surface area contributed by atoms with Gasteiger partial charge in [-0.05, 0) is 32.9 Å². The molecule has 1 aromatic rings. The van der Waals surface area contributed by atoms with E-state index in [1.54, 1.807) is 0 Å². The van der Waals surface area contributed by atoms with E-state index in [1.807, 2.05) is 26.2 Å². The normalized spacial score (nSPS) is 18.8. The molecule has 18 heavy (non-hydrogen) atoms. The van der Waals surface area contributed by atoms with Gasteiger partial charge in [0.25, 0.3) is 0 Å². The van der Waals surface area contributed by atoms with E-state index < -0.39 is 0 Å². The van der Waals surface area contributed by atoms with Crippen LogP contribution in [0, 0.1) is 0 Å². The van der Waals surface area contributed by atoms with Crippen molar-refractivity contribution >= 4 is 5.78 Å². The SMILES string of the molecule is CNC(C)C(=O)Cc1ccn(C2CCCCC2)n1. The van der Waals surface area contributed by atoms with Crippen LogP contribution >= 0.6 is 0 Å². The minimum Gasteiger partial charge on any atom is -0.311 e. The minimum absolute atomic E-state index is 0.0927. The van der Waals surface area contributed by atoms with E-state index >= 15 is 0 Å². The van der Waals surface area contributed by atoms with Gasteiger partial charge in [-0.1, -0.05) is 19.3 Å². The Labute approximate surface area is 109 Å². The Bertz CT molecular complexity index is 393. The first-order chi connectivity index (χ1) is 8.70. The van der Waals surface area contributed by atoms with E-state index in [9.17, 15) is 4.79 Å². The monoisotopic (exact) mass is 249 g/mol. The molecule has 100 valence electrons. The number of aromatic nitrogens is 2. The van der Waals surface area contributed by atoms with Crippen molar-refractivity contribution < 1.29 is 4.79 Å². The van der Waals surface area contributed by atoms with Gasteiger partial charge in [0.15, 0.2) is 5.78 Å². The summed E-state index contributed by atoms with van der Waals surface area (Å²) in [6, 6.07) is 2.43. The molecule has 0 spiro atoms. The number of hydrogen-bond donors (Lipinski definition) is 1. The Balaban J connectivity index is 1.95. The summed E-state index contributed by atoms with van der Waals surface area (Å²) in [5.41, 5.74) is 0.896. The molecule has 1 atom stereocenters. The molecule has 0 amide bonds. The molecule has 2 rings (SSSR count). The summed E-state index contributed by atoms with van der Waals surface area (Å²) in [6.07, 6.45) is 8.86. The molecule has 0 radical (unpaired) electrons. The van der Waals surface area contributed by atoms with Gasteiger partial charge in [-0.25, -0.2) is 0 Å². The zero-order chi connectivity index (χ0) is 13.0. The van der Waals surface area contributed by atoms with Gasteiger partial charge < -0.3 is 5.32 Å².